The van der Waals surface area contributed by atoms with E-state index in [1.807, 2.05) is 24.3 Å². The van der Waals surface area contributed by atoms with Gasteiger partial charge in [0, 0.05) is 39.9 Å². The minimum absolute atomic E-state index is 0.249. The Morgan fingerprint density at radius 1 is 1.17 bits per heavy atom. The van der Waals surface area contributed by atoms with Crippen LogP contribution in [0.2, 0.25) is 0 Å². The Labute approximate surface area is 144 Å². The number of benzene rings is 1. The van der Waals surface area contributed by atoms with Gasteiger partial charge in [0.15, 0.2) is 0 Å². The topological polar surface area (TPSA) is 72.0 Å². The molecule has 1 aliphatic rings. The van der Waals surface area contributed by atoms with E-state index in [0.29, 0.717) is 22.3 Å². The van der Waals surface area contributed by atoms with Crippen LogP contribution in [0.4, 0.5) is 5.69 Å². The number of rotatable bonds is 5. The van der Waals surface area contributed by atoms with Gasteiger partial charge in [0.1, 0.15) is 6.33 Å². The summed E-state index contributed by atoms with van der Waals surface area (Å²) in [4.78, 5) is 19.8. The number of hydrogen-bond donors (Lipinski definition) is 1. The van der Waals surface area contributed by atoms with Crippen molar-refractivity contribution in [1.82, 2.24) is 9.97 Å². The van der Waals surface area contributed by atoms with Gasteiger partial charge in [-0.1, -0.05) is 31.4 Å². The molecule has 0 bridgehead atoms. The predicted octanol–water partition coefficient (Wildman–Crippen LogP) is 3.31. The summed E-state index contributed by atoms with van der Waals surface area (Å²) < 4.78 is 12.5. The van der Waals surface area contributed by atoms with E-state index < -0.39 is 10.8 Å². The third-order valence-electron chi connectivity index (χ3n) is 4.24. The van der Waals surface area contributed by atoms with E-state index in [9.17, 15) is 9.00 Å². The quantitative estimate of drug-likeness (QED) is 0.904. The molecule has 2 aromatic rings. The van der Waals surface area contributed by atoms with E-state index in [1.54, 1.807) is 0 Å². The van der Waals surface area contributed by atoms with Crippen LogP contribution in [0.15, 0.2) is 43.0 Å². The summed E-state index contributed by atoms with van der Waals surface area (Å²) >= 11 is 0. The first-order valence-corrected chi connectivity index (χ1v) is 9.63. The second-order valence-electron chi connectivity index (χ2n) is 6.07. The molecule has 126 valence electrons. The lowest BCUT2D eigenvalue weighted by atomic mass is 10.0. The highest BCUT2D eigenvalue weighted by atomic mass is 32.2. The minimum Gasteiger partial charge on any atom is -0.322 e. The number of carbonyl (C=O) groups excluding carboxylic acids is 1. The van der Waals surface area contributed by atoms with Gasteiger partial charge in [-0.15, -0.1) is 0 Å². The first-order valence-electron chi connectivity index (χ1n) is 8.25. The number of hydrogen-bond acceptors (Lipinski definition) is 4. The number of carbonyl (C=O) groups is 1. The third-order valence-corrected chi connectivity index (χ3v) is 6.07. The summed E-state index contributed by atoms with van der Waals surface area (Å²) in [6.07, 6.45) is 10.1. The Kier molecular flexibility index (Phi) is 5.69. The number of anilines is 1. The molecule has 6 heteroatoms. The van der Waals surface area contributed by atoms with Crippen LogP contribution in [-0.4, -0.2) is 25.3 Å². The van der Waals surface area contributed by atoms with E-state index in [2.05, 4.69) is 15.3 Å². The number of aromatic nitrogens is 2. The van der Waals surface area contributed by atoms with Crippen molar-refractivity contribution in [2.45, 2.75) is 43.1 Å². The van der Waals surface area contributed by atoms with Crippen LogP contribution in [0.25, 0.3) is 0 Å². The van der Waals surface area contributed by atoms with Gasteiger partial charge in [-0.05, 0) is 30.5 Å². The van der Waals surface area contributed by atoms with Gasteiger partial charge < -0.3 is 5.32 Å². The molecule has 0 saturated heterocycles. The molecule has 1 N–H and O–H groups in total. The minimum atomic E-state index is -0.847. The van der Waals surface area contributed by atoms with Crippen LogP contribution >= 0.6 is 0 Å². The Morgan fingerprint density at radius 3 is 2.67 bits per heavy atom. The van der Waals surface area contributed by atoms with Gasteiger partial charge in [-0.3, -0.25) is 9.00 Å². The van der Waals surface area contributed by atoms with Gasteiger partial charge >= 0.3 is 0 Å². The molecule has 1 saturated carbocycles. The smallest absolute Gasteiger partial charge is 0.258 e. The van der Waals surface area contributed by atoms with E-state index in [-0.39, 0.29) is 5.91 Å². The summed E-state index contributed by atoms with van der Waals surface area (Å²) in [7, 11) is -0.847. The lowest BCUT2D eigenvalue weighted by Gasteiger charge is -2.21. The molecule has 1 unspecified atom stereocenters. The molecule has 0 aliphatic heterocycles. The molecule has 5 nitrogen and oxygen atoms in total. The maximum Gasteiger partial charge on any atom is 0.258 e. The zero-order valence-corrected chi connectivity index (χ0v) is 14.3. The Bertz CT molecular complexity index is 715. The van der Waals surface area contributed by atoms with Crippen molar-refractivity contribution in [2.24, 2.45) is 0 Å². The molecule has 1 aromatic carbocycles. The molecule has 1 amide bonds. The zero-order chi connectivity index (χ0) is 16.8. The van der Waals surface area contributed by atoms with Crippen LogP contribution in [0.3, 0.4) is 0 Å². The third kappa shape index (κ3) is 4.47. The lowest BCUT2D eigenvalue weighted by Crippen LogP contribution is -2.20. The van der Waals surface area contributed by atoms with Crippen LogP contribution in [0.1, 0.15) is 48.0 Å². The number of nitrogens with one attached hydrogen (secondary N) is 1. The van der Waals surface area contributed by atoms with Crippen LogP contribution < -0.4 is 5.32 Å². The molecular weight excluding hydrogens is 322 g/mol. The first kappa shape index (κ1) is 16.8. The van der Waals surface area contributed by atoms with Gasteiger partial charge in [-0.25, -0.2) is 9.97 Å². The largest absolute Gasteiger partial charge is 0.322 e. The van der Waals surface area contributed by atoms with Crippen molar-refractivity contribution in [3.63, 3.8) is 0 Å². The van der Waals surface area contributed by atoms with Crippen LogP contribution in [-0.2, 0) is 16.6 Å². The predicted molar refractivity (Wildman–Crippen MR) is 95.1 cm³/mol. The van der Waals surface area contributed by atoms with Crippen molar-refractivity contribution in [3.05, 3.63) is 54.1 Å². The second kappa shape index (κ2) is 8.15. The molecule has 24 heavy (non-hydrogen) atoms. The molecule has 1 atom stereocenters. The molecule has 1 aromatic heterocycles. The summed E-state index contributed by atoms with van der Waals surface area (Å²) in [5.41, 5.74) is 2.09. The fourth-order valence-corrected chi connectivity index (χ4v) is 4.57. The number of nitrogens with zero attached hydrogens (tertiary/aromatic N) is 2. The van der Waals surface area contributed by atoms with Crippen LogP contribution in [0, 0.1) is 0 Å². The van der Waals surface area contributed by atoms with E-state index in [0.717, 1.165) is 18.4 Å². The van der Waals surface area contributed by atoms with Crippen molar-refractivity contribution in [3.8, 4) is 0 Å². The summed E-state index contributed by atoms with van der Waals surface area (Å²) in [5.74, 6) is 0.296. The summed E-state index contributed by atoms with van der Waals surface area (Å²) in [5, 5.41) is 3.15. The van der Waals surface area contributed by atoms with Gasteiger partial charge in [0.25, 0.3) is 5.91 Å². The van der Waals surface area contributed by atoms with E-state index in [1.165, 1.54) is 38.0 Å². The Balaban J connectivity index is 1.63. The number of amides is 1. The first-order chi connectivity index (χ1) is 11.7. The van der Waals surface area contributed by atoms with Crippen molar-refractivity contribution in [2.75, 3.05) is 5.32 Å². The fraction of sp³-hybridized carbons (Fsp3) is 0.389. The van der Waals surface area contributed by atoms with Crippen molar-refractivity contribution in [1.29, 1.82) is 0 Å². The molecule has 1 aliphatic carbocycles. The summed E-state index contributed by atoms with van der Waals surface area (Å²) in [6.45, 7) is 0. The highest BCUT2D eigenvalue weighted by molar-refractivity contribution is 7.84. The maximum atomic E-state index is 12.5. The van der Waals surface area contributed by atoms with Crippen molar-refractivity contribution >= 4 is 22.4 Å². The maximum absolute atomic E-state index is 12.5. The fourth-order valence-electron chi connectivity index (χ4n) is 2.97. The molecule has 0 radical (unpaired) electrons. The van der Waals surface area contributed by atoms with Gasteiger partial charge in [-0.2, -0.15) is 0 Å². The van der Waals surface area contributed by atoms with Gasteiger partial charge in [0.05, 0.1) is 5.56 Å². The highest BCUT2D eigenvalue weighted by Gasteiger charge is 2.20. The average molecular weight is 343 g/mol. The average Bonchev–Trinajstić information content (AvgIpc) is 2.63. The molecular formula is C18H21N3O2S. The zero-order valence-electron chi connectivity index (χ0n) is 13.5. The Morgan fingerprint density at radius 2 is 1.92 bits per heavy atom. The second-order valence-corrected chi connectivity index (χ2v) is 7.78. The standard InChI is InChI=1S/C18H21N3O2S/c22-18(15-10-19-13-20-11-15)21-16-6-4-5-14(9-16)12-24(23)17-7-2-1-3-8-17/h4-6,9-11,13,17H,1-3,7-8,12H2,(H,21,22). The van der Waals surface area contributed by atoms with Gasteiger partial charge in [0.2, 0.25) is 0 Å². The molecule has 0 spiro atoms. The molecule has 1 fully saturated rings. The van der Waals surface area contributed by atoms with E-state index >= 15 is 0 Å². The SMILES string of the molecule is O=C(Nc1cccc(CS(=O)C2CCCCC2)c1)c1cncnc1. The lowest BCUT2D eigenvalue weighted by molar-refractivity contribution is 0.102. The normalized spacial score (nSPS) is 16.5. The molecule has 1 heterocycles. The monoisotopic (exact) mass is 343 g/mol. The highest BCUT2D eigenvalue weighted by Crippen LogP contribution is 2.24. The molecule has 3 rings (SSSR count). The Hall–Kier alpha value is -2.08. The van der Waals surface area contributed by atoms with E-state index in [4.69, 9.17) is 0 Å². The van der Waals surface area contributed by atoms with Crippen LogP contribution in [0.5, 0.6) is 0 Å². The van der Waals surface area contributed by atoms with Crippen molar-refractivity contribution < 1.29 is 9.00 Å². The summed E-state index contributed by atoms with van der Waals surface area (Å²) in [6, 6.07) is 7.56.